The monoisotopic (exact) mass is 360 g/mol. The molecule has 1 aliphatic carbocycles. The molecule has 6 heteroatoms. The molecule has 1 aliphatic rings. The van der Waals surface area contributed by atoms with E-state index in [-0.39, 0.29) is 23.7 Å². The summed E-state index contributed by atoms with van der Waals surface area (Å²) >= 11 is 5.98. The summed E-state index contributed by atoms with van der Waals surface area (Å²) in [5.41, 5.74) is 0.928. The van der Waals surface area contributed by atoms with Crippen molar-refractivity contribution in [3.63, 3.8) is 0 Å². The van der Waals surface area contributed by atoms with Gasteiger partial charge in [-0.1, -0.05) is 49.6 Å². The Morgan fingerprint density at radius 2 is 2.04 bits per heavy atom. The average Bonchev–Trinajstić information content (AvgIpc) is 2.61. The van der Waals surface area contributed by atoms with Gasteiger partial charge in [-0.3, -0.25) is 4.79 Å². The summed E-state index contributed by atoms with van der Waals surface area (Å²) in [7, 11) is 0. The highest BCUT2D eigenvalue weighted by Crippen LogP contribution is 2.24. The smallest absolute Gasteiger partial charge is 0.339 e. The number of carbonyl (C=O) groups excluding carboxylic acids is 2. The number of para-hydroxylation sites is 1. The van der Waals surface area contributed by atoms with E-state index in [1.807, 2.05) is 12.1 Å². The van der Waals surface area contributed by atoms with Crippen LogP contribution in [0.1, 0.15) is 43.0 Å². The normalized spacial score (nSPS) is 20.2. The maximum Gasteiger partial charge on any atom is 0.339 e. The number of aromatic nitrogens is 1. The van der Waals surface area contributed by atoms with Crippen LogP contribution in [0.4, 0.5) is 0 Å². The number of esters is 1. The Kier molecular flexibility index (Phi) is 5.53. The fraction of sp³-hybridized carbons (Fsp3) is 0.421. The standard InChI is InChI=1S/C19H21ClN2O3/c1-12-6-2-4-8-15(12)22-18(23)11-25-19(24)14-10-17(20)21-16-9-5-3-7-13(14)16/h3,5,7,9-10,12,15H,2,4,6,8,11H2,1H3,(H,22,23)/t12-,15-/m1/s1. The first kappa shape index (κ1) is 17.7. The lowest BCUT2D eigenvalue weighted by molar-refractivity contribution is -0.125. The summed E-state index contributed by atoms with van der Waals surface area (Å²) in [4.78, 5) is 28.7. The van der Waals surface area contributed by atoms with E-state index in [0.29, 0.717) is 22.4 Å². The second kappa shape index (κ2) is 7.83. The highest BCUT2D eigenvalue weighted by Gasteiger charge is 2.23. The largest absolute Gasteiger partial charge is 0.452 e. The van der Waals surface area contributed by atoms with Crippen molar-refractivity contribution < 1.29 is 14.3 Å². The van der Waals surface area contributed by atoms with Gasteiger partial charge in [-0.2, -0.15) is 0 Å². The van der Waals surface area contributed by atoms with E-state index >= 15 is 0 Å². The summed E-state index contributed by atoms with van der Waals surface area (Å²) in [6.45, 7) is 1.84. The van der Waals surface area contributed by atoms with Crippen LogP contribution in [0.2, 0.25) is 5.15 Å². The number of amides is 1. The number of carbonyl (C=O) groups is 2. The van der Waals surface area contributed by atoms with Gasteiger partial charge in [0.15, 0.2) is 6.61 Å². The molecule has 0 aliphatic heterocycles. The van der Waals surface area contributed by atoms with Gasteiger partial charge in [0.2, 0.25) is 0 Å². The molecule has 1 N–H and O–H groups in total. The van der Waals surface area contributed by atoms with Gasteiger partial charge in [0.25, 0.3) is 5.91 Å². The summed E-state index contributed by atoms with van der Waals surface area (Å²) in [6.07, 6.45) is 4.42. The third kappa shape index (κ3) is 4.28. The minimum absolute atomic E-state index is 0.163. The van der Waals surface area contributed by atoms with Gasteiger partial charge in [0.1, 0.15) is 5.15 Å². The molecule has 0 unspecified atom stereocenters. The maximum absolute atomic E-state index is 12.4. The van der Waals surface area contributed by atoms with Crippen molar-refractivity contribution in [2.24, 2.45) is 5.92 Å². The minimum atomic E-state index is -0.577. The van der Waals surface area contributed by atoms with E-state index in [1.54, 1.807) is 12.1 Å². The topological polar surface area (TPSA) is 68.3 Å². The van der Waals surface area contributed by atoms with Crippen LogP contribution in [-0.4, -0.2) is 29.5 Å². The number of ether oxygens (including phenoxy) is 1. The number of nitrogens with zero attached hydrogens (tertiary/aromatic N) is 1. The highest BCUT2D eigenvalue weighted by molar-refractivity contribution is 6.30. The van der Waals surface area contributed by atoms with E-state index in [0.717, 1.165) is 19.3 Å². The Bertz CT molecular complexity index is 793. The molecule has 1 amide bonds. The maximum atomic E-state index is 12.4. The molecule has 1 aromatic carbocycles. The van der Waals surface area contributed by atoms with Crippen molar-refractivity contribution in [2.75, 3.05) is 6.61 Å². The van der Waals surface area contributed by atoms with Crippen LogP contribution in [0.25, 0.3) is 10.9 Å². The first-order chi connectivity index (χ1) is 12.0. The molecule has 0 radical (unpaired) electrons. The van der Waals surface area contributed by atoms with Gasteiger partial charge in [-0.05, 0) is 30.9 Å². The van der Waals surface area contributed by atoms with Crippen molar-refractivity contribution in [3.05, 3.63) is 41.0 Å². The molecule has 2 aromatic rings. The zero-order valence-electron chi connectivity index (χ0n) is 14.1. The molecule has 0 bridgehead atoms. The van der Waals surface area contributed by atoms with Crippen LogP contribution in [0.15, 0.2) is 30.3 Å². The van der Waals surface area contributed by atoms with Gasteiger partial charge in [0.05, 0.1) is 11.1 Å². The number of rotatable bonds is 4. The van der Waals surface area contributed by atoms with Crippen molar-refractivity contribution in [1.82, 2.24) is 10.3 Å². The molecule has 5 nitrogen and oxygen atoms in total. The summed E-state index contributed by atoms with van der Waals surface area (Å²) < 4.78 is 5.19. The molecule has 1 aromatic heterocycles. The van der Waals surface area contributed by atoms with E-state index < -0.39 is 5.97 Å². The molecule has 1 fully saturated rings. The van der Waals surface area contributed by atoms with Crippen molar-refractivity contribution in [1.29, 1.82) is 0 Å². The number of halogens is 1. The van der Waals surface area contributed by atoms with Gasteiger partial charge < -0.3 is 10.1 Å². The zero-order chi connectivity index (χ0) is 17.8. The zero-order valence-corrected chi connectivity index (χ0v) is 14.9. The predicted molar refractivity (Wildman–Crippen MR) is 96.6 cm³/mol. The second-order valence-corrected chi connectivity index (χ2v) is 6.91. The van der Waals surface area contributed by atoms with E-state index in [9.17, 15) is 9.59 Å². The summed E-state index contributed by atoms with van der Waals surface area (Å²) in [5.74, 6) is -0.389. The molecule has 25 heavy (non-hydrogen) atoms. The van der Waals surface area contributed by atoms with Gasteiger partial charge in [-0.15, -0.1) is 0 Å². The fourth-order valence-corrected chi connectivity index (χ4v) is 3.50. The number of hydrogen-bond donors (Lipinski definition) is 1. The molecule has 1 saturated carbocycles. The van der Waals surface area contributed by atoms with E-state index in [2.05, 4.69) is 17.2 Å². The molecule has 3 rings (SSSR count). The van der Waals surface area contributed by atoms with E-state index in [4.69, 9.17) is 16.3 Å². The van der Waals surface area contributed by atoms with Crippen LogP contribution in [0.3, 0.4) is 0 Å². The molecular weight excluding hydrogens is 340 g/mol. The van der Waals surface area contributed by atoms with Crippen LogP contribution in [-0.2, 0) is 9.53 Å². The fourth-order valence-electron chi connectivity index (χ4n) is 3.30. The first-order valence-electron chi connectivity index (χ1n) is 8.56. The van der Waals surface area contributed by atoms with Crippen molar-refractivity contribution >= 4 is 34.4 Å². The lowest BCUT2D eigenvalue weighted by Crippen LogP contribution is -2.42. The Balaban J connectivity index is 1.64. The Morgan fingerprint density at radius 3 is 2.84 bits per heavy atom. The quantitative estimate of drug-likeness (QED) is 0.666. The van der Waals surface area contributed by atoms with Crippen LogP contribution in [0, 0.1) is 5.92 Å². The van der Waals surface area contributed by atoms with Crippen LogP contribution >= 0.6 is 11.6 Å². The SMILES string of the molecule is C[C@@H]1CCCC[C@H]1NC(=O)COC(=O)c1cc(Cl)nc2ccccc12. The number of fused-ring (bicyclic) bond motifs is 1. The number of pyridine rings is 1. The third-order valence-corrected chi connectivity index (χ3v) is 4.89. The number of benzene rings is 1. The van der Waals surface area contributed by atoms with Gasteiger partial charge in [-0.25, -0.2) is 9.78 Å². The third-order valence-electron chi connectivity index (χ3n) is 4.70. The molecular formula is C19H21ClN2O3. The lowest BCUT2D eigenvalue weighted by atomic mass is 9.86. The molecule has 2 atom stereocenters. The van der Waals surface area contributed by atoms with E-state index in [1.165, 1.54) is 12.5 Å². The Labute approximate surface area is 151 Å². The minimum Gasteiger partial charge on any atom is -0.452 e. The van der Waals surface area contributed by atoms with Crippen molar-refractivity contribution in [3.8, 4) is 0 Å². The molecule has 132 valence electrons. The first-order valence-corrected chi connectivity index (χ1v) is 8.94. The highest BCUT2D eigenvalue weighted by atomic mass is 35.5. The lowest BCUT2D eigenvalue weighted by Gasteiger charge is -2.29. The summed E-state index contributed by atoms with van der Waals surface area (Å²) in [6, 6.07) is 8.81. The van der Waals surface area contributed by atoms with Gasteiger partial charge in [0, 0.05) is 11.4 Å². The Morgan fingerprint density at radius 1 is 1.28 bits per heavy atom. The molecule has 0 spiro atoms. The molecule has 0 saturated heterocycles. The van der Waals surface area contributed by atoms with Crippen molar-refractivity contribution in [2.45, 2.75) is 38.6 Å². The van der Waals surface area contributed by atoms with Crippen LogP contribution in [0.5, 0.6) is 0 Å². The number of nitrogens with one attached hydrogen (secondary N) is 1. The van der Waals surface area contributed by atoms with Gasteiger partial charge >= 0.3 is 5.97 Å². The second-order valence-electron chi connectivity index (χ2n) is 6.52. The predicted octanol–water partition coefficient (Wildman–Crippen LogP) is 3.74. The average molecular weight is 361 g/mol. The van der Waals surface area contributed by atoms with Crippen LogP contribution < -0.4 is 5.32 Å². The molecule has 1 heterocycles. The Hall–Kier alpha value is -2.14. The summed E-state index contributed by atoms with van der Waals surface area (Å²) in [5, 5.41) is 3.83. The number of hydrogen-bond acceptors (Lipinski definition) is 4.